The van der Waals surface area contributed by atoms with Crippen LogP contribution >= 0.6 is 34.4 Å². The first kappa shape index (κ1) is 9.19. The summed E-state index contributed by atoms with van der Waals surface area (Å²) in [4.78, 5) is 1.30. The van der Waals surface area contributed by atoms with Gasteiger partial charge in [0, 0.05) is 14.2 Å². The summed E-state index contributed by atoms with van der Waals surface area (Å²) in [6.07, 6.45) is 0. The van der Waals surface area contributed by atoms with Crippen LogP contribution < -0.4 is 5.73 Å². The third-order valence-electron chi connectivity index (χ3n) is 1.28. The number of halogens is 1. The molecule has 60 valence electrons. The fourth-order valence-electron chi connectivity index (χ4n) is 0.764. The Hall–Kier alpha value is 0.100. The van der Waals surface area contributed by atoms with Crippen molar-refractivity contribution in [3.63, 3.8) is 0 Å². The Morgan fingerprint density at radius 2 is 2.27 bits per heavy atom. The second-order valence-corrected chi connectivity index (χ2v) is 4.62. The smallest absolute Gasteiger partial charge is 0.0450 e. The van der Waals surface area contributed by atoms with Crippen molar-refractivity contribution < 1.29 is 0 Å². The second kappa shape index (κ2) is 4.21. The molecular weight excluding hydrogens is 269 g/mol. The van der Waals surface area contributed by atoms with Gasteiger partial charge in [0.05, 0.1) is 0 Å². The molecule has 0 bridgehead atoms. The first-order valence-electron chi connectivity index (χ1n) is 3.42. The van der Waals surface area contributed by atoms with E-state index in [0.29, 0.717) is 0 Å². The van der Waals surface area contributed by atoms with Gasteiger partial charge in [-0.3, -0.25) is 0 Å². The third kappa shape index (κ3) is 2.56. The van der Waals surface area contributed by atoms with Crippen molar-refractivity contribution in [3.05, 3.63) is 21.8 Å². The van der Waals surface area contributed by atoms with Gasteiger partial charge in [0.2, 0.25) is 0 Å². The summed E-state index contributed by atoms with van der Waals surface area (Å²) in [5, 5.41) is 0. The molecule has 1 aromatic carbocycles. The molecule has 0 aliphatic carbocycles. The number of benzene rings is 1. The molecule has 0 heterocycles. The quantitative estimate of drug-likeness (QED) is 0.511. The molecule has 0 aromatic heterocycles. The predicted molar refractivity (Wildman–Crippen MR) is 60.0 cm³/mol. The highest BCUT2D eigenvalue weighted by atomic mass is 127. The van der Waals surface area contributed by atoms with E-state index in [2.05, 4.69) is 41.6 Å². The van der Waals surface area contributed by atoms with Crippen molar-refractivity contribution in [2.45, 2.75) is 11.8 Å². The minimum absolute atomic E-state index is 0.867. The zero-order valence-electron chi connectivity index (χ0n) is 6.30. The molecule has 0 atom stereocenters. The lowest BCUT2D eigenvalue weighted by molar-refractivity contribution is 1.41. The Balaban J connectivity index is 2.86. The monoisotopic (exact) mass is 279 g/mol. The molecule has 1 nitrogen and oxygen atoms in total. The summed E-state index contributed by atoms with van der Waals surface area (Å²) in [7, 11) is 0. The molecule has 3 heteroatoms. The maximum Gasteiger partial charge on any atom is 0.0450 e. The van der Waals surface area contributed by atoms with Crippen LogP contribution in [0.2, 0.25) is 0 Å². The predicted octanol–water partition coefficient (Wildman–Crippen LogP) is 2.99. The summed E-state index contributed by atoms with van der Waals surface area (Å²) in [6.45, 7) is 2.15. The zero-order chi connectivity index (χ0) is 8.27. The molecule has 0 unspecified atom stereocenters. The minimum atomic E-state index is 0.867. The van der Waals surface area contributed by atoms with E-state index in [0.717, 1.165) is 15.0 Å². The van der Waals surface area contributed by atoms with Crippen molar-refractivity contribution in [2.24, 2.45) is 0 Å². The fraction of sp³-hybridized carbons (Fsp3) is 0.250. The molecule has 11 heavy (non-hydrogen) atoms. The molecule has 0 saturated carbocycles. The van der Waals surface area contributed by atoms with Gasteiger partial charge in [0.15, 0.2) is 0 Å². The van der Waals surface area contributed by atoms with E-state index in [1.165, 1.54) is 4.90 Å². The highest BCUT2D eigenvalue weighted by Crippen LogP contribution is 2.23. The van der Waals surface area contributed by atoms with Crippen molar-refractivity contribution in [1.29, 1.82) is 0 Å². The van der Waals surface area contributed by atoms with Crippen LogP contribution in [0.4, 0.5) is 5.69 Å². The molecule has 0 fully saturated rings. The largest absolute Gasteiger partial charge is 0.398 e. The van der Waals surface area contributed by atoms with Crippen LogP contribution in [0.25, 0.3) is 0 Å². The topological polar surface area (TPSA) is 26.0 Å². The van der Waals surface area contributed by atoms with E-state index in [9.17, 15) is 0 Å². The molecule has 2 N–H and O–H groups in total. The molecule has 0 radical (unpaired) electrons. The lowest BCUT2D eigenvalue weighted by Crippen LogP contribution is -1.88. The Morgan fingerprint density at radius 1 is 1.55 bits per heavy atom. The van der Waals surface area contributed by atoms with Crippen molar-refractivity contribution in [3.8, 4) is 0 Å². The first-order valence-corrected chi connectivity index (χ1v) is 5.48. The van der Waals surface area contributed by atoms with Gasteiger partial charge in [-0.1, -0.05) is 6.92 Å². The van der Waals surface area contributed by atoms with Crippen LogP contribution in [0.3, 0.4) is 0 Å². The summed E-state index contributed by atoms with van der Waals surface area (Å²) >= 11 is 4.09. The average Bonchev–Trinajstić information content (AvgIpc) is 1.98. The van der Waals surface area contributed by atoms with Crippen molar-refractivity contribution >= 4 is 40.0 Å². The van der Waals surface area contributed by atoms with Crippen LogP contribution in [0.5, 0.6) is 0 Å². The Bertz CT molecular complexity index is 250. The summed E-state index contributed by atoms with van der Waals surface area (Å²) in [5.74, 6) is 1.11. The highest BCUT2D eigenvalue weighted by molar-refractivity contribution is 14.1. The van der Waals surface area contributed by atoms with Gasteiger partial charge in [-0.25, -0.2) is 0 Å². The van der Waals surface area contributed by atoms with E-state index >= 15 is 0 Å². The van der Waals surface area contributed by atoms with Gasteiger partial charge in [-0.2, -0.15) is 0 Å². The van der Waals surface area contributed by atoms with Crippen molar-refractivity contribution in [2.75, 3.05) is 11.5 Å². The maximum absolute atomic E-state index is 5.67. The number of nitrogen functional groups attached to an aromatic ring is 1. The van der Waals surface area contributed by atoms with Crippen molar-refractivity contribution in [1.82, 2.24) is 0 Å². The molecular formula is C8H10INS. The van der Waals surface area contributed by atoms with Gasteiger partial charge in [-0.05, 0) is 46.5 Å². The number of hydrogen-bond donors (Lipinski definition) is 1. The second-order valence-electron chi connectivity index (χ2n) is 2.12. The van der Waals surface area contributed by atoms with Crippen LogP contribution in [0.1, 0.15) is 6.92 Å². The number of rotatable bonds is 2. The Morgan fingerprint density at radius 3 is 2.82 bits per heavy atom. The Kier molecular flexibility index (Phi) is 3.51. The molecule has 0 spiro atoms. The third-order valence-corrected chi connectivity index (χ3v) is 3.09. The zero-order valence-corrected chi connectivity index (χ0v) is 9.28. The SMILES string of the molecule is CCSc1ccc(N)c(I)c1. The van der Waals surface area contributed by atoms with Crippen LogP contribution in [0.15, 0.2) is 23.1 Å². The van der Waals surface area contributed by atoms with Gasteiger partial charge in [0.1, 0.15) is 0 Å². The molecule has 0 amide bonds. The number of hydrogen-bond acceptors (Lipinski definition) is 2. The number of anilines is 1. The molecule has 1 rings (SSSR count). The summed E-state index contributed by atoms with van der Waals surface area (Å²) < 4.78 is 1.14. The van der Waals surface area contributed by atoms with E-state index in [1.54, 1.807) is 0 Å². The Labute approximate surface area is 84.9 Å². The first-order chi connectivity index (χ1) is 5.24. The lowest BCUT2D eigenvalue weighted by Gasteiger charge is -2.01. The molecule has 0 aliphatic heterocycles. The summed E-state index contributed by atoms with van der Waals surface area (Å²) in [5.41, 5.74) is 6.53. The minimum Gasteiger partial charge on any atom is -0.398 e. The van der Waals surface area contributed by atoms with E-state index in [-0.39, 0.29) is 0 Å². The van der Waals surface area contributed by atoms with E-state index in [4.69, 9.17) is 5.73 Å². The van der Waals surface area contributed by atoms with Gasteiger partial charge in [0.25, 0.3) is 0 Å². The van der Waals surface area contributed by atoms with Gasteiger partial charge >= 0.3 is 0 Å². The fourth-order valence-corrected chi connectivity index (χ4v) is 2.19. The highest BCUT2D eigenvalue weighted by Gasteiger charge is 1.96. The normalized spacial score (nSPS) is 10.0. The standard InChI is InChI=1S/C8H10INS/c1-2-11-6-3-4-8(10)7(9)5-6/h3-5H,2,10H2,1H3. The average molecular weight is 279 g/mol. The van der Waals surface area contributed by atoms with E-state index < -0.39 is 0 Å². The maximum atomic E-state index is 5.67. The van der Waals surface area contributed by atoms with Crippen LogP contribution in [0, 0.1) is 3.57 Å². The number of nitrogens with two attached hydrogens (primary N) is 1. The molecule has 0 saturated heterocycles. The van der Waals surface area contributed by atoms with Gasteiger partial charge < -0.3 is 5.73 Å². The van der Waals surface area contributed by atoms with Crippen LogP contribution in [-0.2, 0) is 0 Å². The number of thioether (sulfide) groups is 1. The van der Waals surface area contributed by atoms with Gasteiger partial charge in [-0.15, -0.1) is 11.8 Å². The van der Waals surface area contributed by atoms with Crippen LogP contribution in [-0.4, -0.2) is 5.75 Å². The molecule has 0 aliphatic rings. The molecule has 1 aromatic rings. The summed E-state index contributed by atoms with van der Waals surface area (Å²) in [6, 6.07) is 6.13. The van der Waals surface area contributed by atoms with E-state index in [1.807, 2.05) is 17.8 Å². The lowest BCUT2D eigenvalue weighted by atomic mass is 10.3.